The number of hydrogen-bond acceptors (Lipinski definition) is 1. The molecule has 1 aromatic rings. The molecule has 0 atom stereocenters. The minimum absolute atomic E-state index is 0.619. The molecule has 1 aliphatic rings. The molecule has 3 nitrogen and oxygen atoms in total. The van der Waals surface area contributed by atoms with Gasteiger partial charge in [0, 0.05) is 17.6 Å². The van der Waals surface area contributed by atoms with E-state index >= 15 is 0 Å². The fourth-order valence-electron chi connectivity index (χ4n) is 1.52. The fourth-order valence-corrected chi connectivity index (χ4v) is 1.79. The van der Waals surface area contributed by atoms with Crippen LogP contribution >= 0.6 is 15.9 Å². The largest absolute Gasteiger partial charge is 0.370 e. The van der Waals surface area contributed by atoms with Crippen molar-refractivity contribution in [3.63, 3.8) is 0 Å². The van der Waals surface area contributed by atoms with E-state index in [1.807, 2.05) is 19.2 Å². The first-order chi connectivity index (χ1) is 7.66. The summed E-state index contributed by atoms with van der Waals surface area (Å²) in [6.07, 6.45) is 2.48. The number of halogens is 1. The van der Waals surface area contributed by atoms with E-state index in [4.69, 9.17) is 5.73 Å². The van der Waals surface area contributed by atoms with Crippen molar-refractivity contribution in [3.05, 3.63) is 34.3 Å². The second-order valence-electron chi connectivity index (χ2n) is 4.14. The number of guanidine groups is 1. The van der Waals surface area contributed by atoms with Gasteiger partial charge in [0.15, 0.2) is 5.96 Å². The van der Waals surface area contributed by atoms with Crippen molar-refractivity contribution >= 4 is 21.9 Å². The summed E-state index contributed by atoms with van der Waals surface area (Å²) in [6, 6.07) is 8.77. The highest BCUT2D eigenvalue weighted by Crippen LogP contribution is 2.24. The lowest BCUT2D eigenvalue weighted by atomic mass is 10.2. The van der Waals surface area contributed by atoms with E-state index in [-0.39, 0.29) is 0 Å². The van der Waals surface area contributed by atoms with Crippen molar-refractivity contribution in [2.24, 2.45) is 10.7 Å². The molecule has 2 rings (SSSR count). The van der Waals surface area contributed by atoms with Crippen LogP contribution < -0.4 is 5.73 Å². The highest BCUT2D eigenvalue weighted by Gasteiger charge is 2.27. The summed E-state index contributed by atoms with van der Waals surface area (Å²) >= 11 is 3.41. The first-order valence-electron chi connectivity index (χ1n) is 5.44. The topological polar surface area (TPSA) is 41.6 Å². The molecule has 0 aromatic heterocycles. The molecule has 0 amide bonds. The summed E-state index contributed by atoms with van der Waals surface area (Å²) in [4.78, 5) is 6.46. The molecule has 0 saturated heterocycles. The monoisotopic (exact) mass is 281 g/mol. The van der Waals surface area contributed by atoms with Gasteiger partial charge in [-0.3, -0.25) is 0 Å². The number of nitrogens with zero attached hydrogens (tertiary/aromatic N) is 2. The SMILES string of the molecule is CN(C(N)=NCc1ccc(Br)cc1)C1CC1. The molecular formula is C12H16BrN3. The Morgan fingerprint density at radius 1 is 1.44 bits per heavy atom. The number of nitrogens with two attached hydrogens (primary N) is 1. The summed E-state index contributed by atoms with van der Waals surface area (Å²) < 4.78 is 1.09. The van der Waals surface area contributed by atoms with Gasteiger partial charge in [0.05, 0.1) is 6.54 Å². The predicted molar refractivity (Wildman–Crippen MR) is 70.3 cm³/mol. The van der Waals surface area contributed by atoms with Crippen molar-refractivity contribution in [2.45, 2.75) is 25.4 Å². The third-order valence-electron chi connectivity index (χ3n) is 2.79. The summed E-state index contributed by atoms with van der Waals surface area (Å²) in [5, 5.41) is 0. The molecule has 4 heteroatoms. The Labute approximate surface area is 104 Å². The summed E-state index contributed by atoms with van der Waals surface area (Å²) in [7, 11) is 2.01. The number of hydrogen-bond donors (Lipinski definition) is 1. The smallest absolute Gasteiger partial charge is 0.191 e. The van der Waals surface area contributed by atoms with Crippen molar-refractivity contribution in [1.29, 1.82) is 0 Å². The maximum atomic E-state index is 5.90. The molecule has 0 radical (unpaired) electrons. The van der Waals surface area contributed by atoms with E-state index in [2.05, 4.69) is 38.0 Å². The van der Waals surface area contributed by atoms with Gasteiger partial charge in [-0.1, -0.05) is 28.1 Å². The molecule has 1 aliphatic carbocycles. The van der Waals surface area contributed by atoms with Crippen LogP contribution in [0.2, 0.25) is 0 Å². The Morgan fingerprint density at radius 2 is 2.06 bits per heavy atom. The summed E-state index contributed by atoms with van der Waals surface area (Å²) in [5.74, 6) is 0.644. The van der Waals surface area contributed by atoms with Gasteiger partial charge in [0.1, 0.15) is 0 Å². The first kappa shape index (κ1) is 11.5. The molecule has 2 N–H and O–H groups in total. The predicted octanol–water partition coefficient (Wildman–Crippen LogP) is 2.36. The molecule has 0 aliphatic heterocycles. The van der Waals surface area contributed by atoms with Crippen LogP contribution in [0.3, 0.4) is 0 Å². The molecule has 16 heavy (non-hydrogen) atoms. The Balaban J connectivity index is 1.94. The molecule has 86 valence electrons. The quantitative estimate of drug-likeness (QED) is 0.683. The third-order valence-corrected chi connectivity index (χ3v) is 3.32. The summed E-state index contributed by atoms with van der Waals surface area (Å²) in [6.45, 7) is 0.649. The van der Waals surface area contributed by atoms with Gasteiger partial charge in [0.25, 0.3) is 0 Å². The Morgan fingerprint density at radius 3 is 2.62 bits per heavy atom. The standard InChI is InChI=1S/C12H16BrN3/c1-16(11-6-7-11)12(14)15-8-9-2-4-10(13)5-3-9/h2-5,11H,6-8H2,1H3,(H2,14,15). The average molecular weight is 282 g/mol. The molecule has 0 unspecified atom stereocenters. The van der Waals surface area contributed by atoms with Gasteiger partial charge in [-0.15, -0.1) is 0 Å². The Kier molecular flexibility index (Phi) is 3.49. The minimum Gasteiger partial charge on any atom is -0.370 e. The van der Waals surface area contributed by atoms with Gasteiger partial charge < -0.3 is 10.6 Å². The molecule has 0 spiro atoms. The minimum atomic E-state index is 0.619. The average Bonchev–Trinajstić information content (AvgIpc) is 3.11. The maximum Gasteiger partial charge on any atom is 0.191 e. The lowest BCUT2D eigenvalue weighted by Gasteiger charge is -2.16. The highest BCUT2D eigenvalue weighted by molar-refractivity contribution is 9.10. The van der Waals surface area contributed by atoms with Gasteiger partial charge in [-0.2, -0.15) is 0 Å². The van der Waals surface area contributed by atoms with Crippen LogP contribution in [0.4, 0.5) is 0 Å². The Bertz CT molecular complexity index is 382. The summed E-state index contributed by atoms with van der Waals surface area (Å²) in [5.41, 5.74) is 7.08. The zero-order valence-corrected chi connectivity index (χ0v) is 10.9. The molecule has 1 saturated carbocycles. The van der Waals surface area contributed by atoms with Crippen molar-refractivity contribution in [3.8, 4) is 0 Å². The van der Waals surface area contributed by atoms with Crippen LogP contribution in [0, 0.1) is 0 Å². The maximum absolute atomic E-state index is 5.90. The normalized spacial score (nSPS) is 16.2. The second-order valence-corrected chi connectivity index (χ2v) is 5.06. The molecular weight excluding hydrogens is 266 g/mol. The molecule has 1 fully saturated rings. The van der Waals surface area contributed by atoms with E-state index in [1.165, 1.54) is 18.4 Å². The van der Waals surface area contributed by atoms with E-state index in [9.17, 15) is 0 Å². The van der Waals surface area contributed by atoms with Gasteiger partial charge in [0.2, 0.25) is 0 Å². The van der Waals surface area contributed by atoms with Gasteiger partial charge in [-0.25, -0.2) is 4.99 Å². The van der Waals surface area contributed by atoms with Crippen LogP contribution in [-0.4, -0.2) is 23.9 Å². The van der Waals surface area contributed by atoms with E-state index in [1.54, 1.807) is 0 Å². The molecule has 0 heterocycles. The van der Waals surface area contributed by atoms with Crippen LogP contribution in [0.15, 0.2) is 33.7 Å². The van der Waals surface area contributed by atoms with Gasteiger partial charge >= 0.3 is 0 Å². The zero-order valence-electron chi connectivity index (χ0n) is 9.36. The van der Waals surface area contributed by atoms with Crippen LogP contribution in [-0.2, 0) is 6.54 Å². The van der Waals surface area contributed by atoms with Crippen molar-refractivity contribution in [2.75, 3.05) is 7.05 Å². The molecule has 0 bridgehead atoms. The van der Waals surface area contributed by atoms with Crippen LogP contribution in [0.1, 0.15) is 18.4 Å². The molecule has 1 aromatic carbocycles. The number of benzene rings is 1. The van der Waals surface area contributed by atoms with E-state index in [0.29, 0.717) is 18.5 Å². The van der Waals surface area contributed by atoms with Gasteiger partial charge in [-0.05, 0) is 30.5 Å². The lowest BCUT2D eigenvalue weighted by molar-refractivity contribution is 0.487. The van der Waals surface area contributed by atoms with Crippen LogP contribution in [0.25, 0.3) is 0 Å². The highest BCUT2D eigenvalue weighted by atomic mass is 79.9. The van der Waals surface area contributed by atoms with Crippen molar-refractivity contribution < 1.29 is 0 Å². The number of rotatable bonds is 3. The number of aliphatic imine (C=N–C) groups is 1. The zero-order chi connectivity index (χ0) is 11.5. The van der Waals surface area contributed by atoms with Crippen molar-refractivity contribution in [1.82, 2.24) is 4.90 Å². The van der Waals surface area contributed by atoms with E-state index < -0.39 is 0 Å². The first-order valence-corrected chi connectivity index (χ1v) is 6.23. The van der Waals surface area contributed by atoms with E-state index in [0.717, 1.165) is 4.47 Å². The second kappa shape index (κ2) is 4.87. The Hall–Kier alpha value is -1.03. The lowest BCUT2D eigenvalue weighted by Crippen LogP contribution is -2.35. The van der Waals surface area contributed by atoms with Crippen LogP contribution in [0.5, 0.6) is 0 Å². The fraction of sp³-hybridized carbons (Fsp3) is 0.417. The third kappa shape index (κ3) is 2.98.